The Balaban J connectivity index is 3.68. The van der Waals surface area contributed by atoms with E-state index in [9.17, 15) is 9.90 Å². The summed E-state index contributed by atoms with van der Waals surface area (Å²) in [5, 5.41) is 12.8. The molecule has 2 N–H and O–H groups in total. The lowest BCUT2D eigenvalue weighted by Crippen LogP contribution is -2.46. The first kappa shape index (κ1) is 16.4. The Labute approximate surface area is 104 Å². The summed E-state index contributed by atoms with van der Waals surface area (Å²) in [6.07, 6.45) is 0.978. The largest absolute Gasteiger partial charge is 0.467 e. The van der Waals surface area contributed by atoms with Crippen LogP contribution >= 0.6 is 0 Å². The van der Waals surface area contributed by atoms with Crippen LogP contribution in [0.1, 0.15) is 27.2 Å². The molecule has 0 aromatic rings. The maximum atomic E-state index is 11.2. The van der Waals surface area contributed by atoms with E-state index in [0.717, 1.165) is 19.5 Å². The monoisotopic (exact) mass is 246 g/mol. The molecule has 0 saturated heterocycles. The van der Waals surface area contributed by atoms with Crippen LogP contribution in [0.25, 0.3) is 0 Å². The summed E-state index contributed by atoms with van der Waals surface area (Å²) in [6.45, 7) is 7.72. The van der Waals surface area contributed by atoms with Gasteiger partial charge in [0.2, 0.25) is 0 Å². The molecule has 0 fully saturated rings. The number of hydrogen-bond acceptors (Lipinski definition) is 5. The van der Waals surface area contributed by atoms with Crippen LogP contribution in [-0.4, -0.2) is 61.4 Å². The zero-order chi connectivity index (χ0) is 13.5. The minimum Gasteiger partial charge on any atom is -0.467 e. The number of carbonyl (C=O) groups is 1. The summed E-state index contributed by atoms with van der Waals surface area (Å²) in [5.41, 5.74) is -1.45. The molecule has 0 rings (SSSR count). The maximum Gasteiger partial charge on any atom is 0.338 e. The molecule has 1 atom stereocenters. The Morgan fingerprint density at radius 1 is 1.53 bits per heavy atom. The fourth-order valence-electron chi connectivity index (χ4n) is 1.34. The van der Waals surface area contributed by atoms with Gasteiger partial charge in [-0.25, -0.2) is 4.79 Å². The van der Waals surface area contributed by atoms with Gasteiger partial charge in [0.1, 0.15) is 0 Å². The van der Waals surface area contributed by atoms with E-state index in [1.54, 1.807) is 0 Å². The zero-order valence-electron chi connectivity index (χ0n) is 11.6. The van der Waals surface area contributed by atoms with Gasteiger partial charge >= 0.3 is 5.97 Å². The van der Waals surface area contributed by atoms with Gasteiger partial charge < -0.3 is 20.1 Å². The van der Waals surface area contributed by atoms with E-state index in [1.807, 2.05) is 0 Å². The van der Waals surface area contributed by atoms with Gasteiger partial charge in [0.05, 0.1) is 7.11 Å². The van der Waals surface area contributed by atoms with Gasteiger partial charge in [-0.05, 0) is 47.3 Å². The zero-order valence-corrected chi connectivity index (χ0v) is 11.6. The second kappa shape index (κ2) is 7.63. The third-order valence-corrected chi connectivity index (χ3v) is 2.84. The average molecular weight is 246 g/mol. The smallest absolute Gasteiger partial charge is 0.338 e. The number of nitrogens with one attached hydrogen (secondary N) is 1. The molecule has 0 aromatic heterocycles. The second-order valence-corrected chi connectivity index (χ2v) is 4.87. The average Bonchev–Trinajstić information content (AvgIpc) is 2.26. The fourth-order valence-corrected chi connectivity index (χ4v) is 1.34. The first-order valence-electron chi connectivity index (χ1n) is 6.03. The van der Waals surface area contributed by atoms with Crippen molar-refractivity contribution in [1.82, 2.24) is 10.2 Å². The van der Waals surface area contributed by atoms with Crippen LogP contribution < -0.4 is 5.32 Å². The van der Waals surface area contributed by atoms with Crippen LogP contribution in [0.3, 0.4) is 0 Å². The van der Waals surface area contributed by atoms with Crippen molar-refractivity contribution in [3.63, 3.8) is 0 Å². The van der Waals surface area contributed by atoms with E-state index in [4.69, 9.17) is 0 Å². The minimum atomic E-state index is -1.45. The predicted molar refractivity (Wildman–Crippen MR) is 67.9 cm³/mol. The van der Waals surface area contributed by atoms with E-state index in [1.165, 1.54) is 14.0 Å². The van der Waals surface area contributed by atoms with Crippen molar-refractivity contribution in [2.24, 2.45) is 0 Å². The highest BCUT2D eigenvalue weighted by Gasteiger charge is 2.30. The first-order chi connectivity index (χ1) is 7.81. The van der Waals surface area contributed by atoms with Crippen molar-refractivity contribution in [2.75, 3.05) is 33.8 Å². The number of methoxy groups -OCH3 is 1. The van der Waals surface area contributed by atoms with E-state index >= 15 is 0 Å². The van der Waals surface area contributed by atoms with Crippen molar-refractivity contribution >= 4 is 5.97 Å². The van der Waals surface area contributed by atoms with Crippen LogP contribution in [0.2, 0.25) is 0 Å². The molecule has 0 bridgehead atoms. The van der Waals surface area contributed by atoms with Gasteiger partial charge in [-0.1, -0.05) is 0 Å². The Morgan fingerprint density at radius 3 is 2.59 bits per heavy atom. The third kappa shape index (κ3) is 6.61. The predicted octanol–water partition coefficient (Wildman–Crippen LogP) is 0.230. The van der Waals surface area contributed by atoms with Crippen LogP contribution in [0, 0.1) is 0 Å². The molecule has 0 spiro atoms. The fraction of sp³-hybridized carbons (Fsp3) is 0.917. The normalized spacial score (nSPS) is 15.1. The van der Waals surface area contributed by atoms with Gasteiger partial charge in [0.25, 0.3) is 0 Å². The molecule has 5 nitrogen and oxygen atoms in total. The highest BCUT2D eigenvalue weighted by molar-refractivity contribution is 5.78. The van der Waals surface area contributed by atoms with E-state index in [0.29, 0.717) is 6.04 Å². The molecule has 17 heavy (non-hydrogen) atoms. The molecule has 0 radical (unpaired) electrons. The first-order valence-corrected chi connectivity index (χ1v) is 6.03. The summed E-state index contributed by atoms with van der Waals surface area (Å²) >= 11 is 0. The van der Waals surface area contributed by atoms with Crippen LogP contribution in [0.4, 0.5) is 0 Å². The number of nitrogens with zero attached hydrogens (tertiary/aromatic N) is 1. The molecular weight excluding hydrogens is 220 g/mol. The standard InChI is InChI=1S/C12H26N2O3/c1-10(2)14(4)8-6-7-13-9-12(3,16)11(15)17-5/h10,13,16H,6-9H2,1-5H3. The van der Waals surface area contributed by atoms with Crippen molar-refractivity contribution in [3.8, 4) is 0 Å². The number of esters is 1. The molecule has 0 aromatic carbocycles. The van der Waals surface area contributed by atoms with Gasteiger partial charge in [-0.15, -0.1) is 0 Å². The van der Waals surface area contributed by atoms with Gasteiger partial charge in [-0.3, -0.25) is 0 Å². The van der Waals surface area contributed by atoms with Crippen molar-refractivity contribution < 1.29 is 14.6 Å². The van der Waals surface area contributed by atoms with E-state index < -0.39 is 11.6 Å². The number of rotatable bonds is 8. The van der Waals surface area contributed by atoms with Gasteiger partial charge in [0, 0.05) is 12.6 Å². The molecule has 0 amide bonds. The lowest BCUT2D eigenvalue weighted by Gasteiger charge is -2.22. The molecule has 0 aliphatic rings. The second-order valence-electron chi connectivity index (χ2n) is 4.87. The van der Waals surface area contributed by atoms with Crippen molar-refractivity contribution in [2.45, 2.75) is 38.8 Å². The maximum absolute atomic E-state index is 11.2. The molecule has 0 aliphatic heterocycles. The molecule has 0 aliphatic carbocycles. The van der Waals surface area contributed by atoms with Gasteiger partial charge in [-0.2, -0.15) is 0 Å². The minimum absolute atomic E-state index is 0.213. The lowest BCUT2D eigenvalue weighted by molar-refractivity contribution is -0.159. The van der Waals surface area contributed by atoms with Crippen LogP contribution in [0.15, 0.2) is 0 Å². The quantitative estimate of drug-likeness (QED) is 0.474. The SMILES string of the molecule is COC(=O)C(C)(O)CNCCCN(C)C(C)C. The summed E-state index contributed by atoms with van der Waals surface area (Å²) in [6, 6.07) is 0.535. The molecule has 1 unspecified atom stereocenters. The van der Waals surface area contributed by atoms with Crippen LogP contribution in [-0.2, 0) is 9.53 Å². The Hall–Kier alpha value is -0.650. The summed E-state index contributed by atoms with van der Waals surface area (Å²) in [4.78, 5) is 13.4. The van der Waals surface area contributed by atoms with Crippen molar-refractivity contribution in [1.29, 1.82) is 0 Å². The van der Waals surface area contributed by atoms with Crippen LogP contribution in [0.5, 0.6) is 0 Å². The highest BCUT2D eigenvalue weighted by atomic mass is 16.5. The summed E-state index contributed by atoms with van der Waals surface area (Å²) in [7, 11) is 3.35. The van der Waals surface area contributed by atoms with Crippen molar-refractivity contribution in [3.05, 3.63) is 0 Å². The lowest BCUT2D eigenvalue weighted by atomic mass is 10.1. The number of aliphatic hydroxyl groups is 1. The molecule has 102 valence electrons. The highest BCUT2D eigenvalue weighted by Crippen LogP contribution is 2.03. The summed E-state index contributed by atoms with van der Waals surface area (Å²) in [5.74, 6) is -0.607. The third-order valence-electron chi connectivity index (χ3n) is 2.84. The Kier molecular flexibility index (Phi) is 7.34. The molecule has 0 heterocycles. The van der Waals surface area contributed by atoms with Gasteiger partial charge in [0.15, 0.2) is 5.60 Å². The molecule has 5 heteroatoms. The Morgan fingerprint density at radius 2 is 2.12 bits per heavy atom. The van der Waals surface area contributed by atoms with E-state index in [-0.39, 0.29) is 6.54 Å². The number of carbonyl (C=O) groups excluding carboxylic acids is 1. The molecular formula is C12H26N2O3. The Bertz CT molecular complexity index is 230. The van der Waals surface area contributed by atoms with E-state index in [2.05, 4.69) is 35.8 Å². The number of hydrogen-bond donors (Lipinski definition) is 2. The topological polar surface area (TPSA) is 61.8 Å². The molecule has 0 saturated carbocycles. The number of ether oxygens (including phenoxy) is 1. The summed E-state index contributed by atoms with van der Waals surface area (Å²) < 4.78 is 4.50.